The van der Waals surface area contributed by atoms with Crippen LogP contribution in [-0.2, 0) is 11.2 Å². The molecule has 1 unspecified atom stereocenters. The molecule has 0 saturated heterocycles. The number of hydrogen-bond acceptors (Lipinski definition) is 4. The second kappa shape index (κ2) is 9.30. The molecule has 1 N–H and O–H groups in total. The summed E-state index contributed by atoms with van der Waals surface area (Å²) in [7, 11) is 0. The van der Waals surface area contributed by atoms with Crippen molar-refractivity contribution in [3.63, 3.8) is 0 Å². The normalized spacial score (nSPS) is 11.2. The SMILES string of the molecule is O=C(Nc1cccc(C#Cc2ccccc2)c1)C(Cc1ccccc1)n1cnnn1. The van der Waals surface area contributed by atoms with Crippen molar-refractivity contribution >= 4 is 11.6 Å². The molecular weight excluding hydrogens is 374 g/mol. The summed E-state index contributed by atoms with van der Waals surface area (Å²) in [6.07, 6.45) is 1.93. The Labute approximate surface area is 174 Å². The van der Waals surface area contributed by atoms with E-state index in [-0.39, 0.29) is 5.91 Å². The zero-order valence-electron chi connectivity index (χ0n) is 16.1. The van der Waals surface area contributed by atoms with Gasteiger partial charge in [0.25, 0.3) is 0 Å². The van der Waals surface area contributed by atoms with Crippen molar-refractivity contribution in [3.8, 4) is 11.8 Å². The molecule has 1 heterocycles. The predicted octanol–water partition coefficient (Wildman–Crippen LogP) is 3.50. The second-order valence-corrected chi connectivity index (χ2v) is 6.68. The van der Waals surface area contributed by atoms with Gasteiger partial charge in [-0.15, -0.1) is 5.10 Å². The van der Waals surface area contributed by atoms with Gasteiger partial charge < -0.3 is 5.32 Å². The van der Waals surface area contributed by atoms with E-state index in [4.69, 9.17) is 0 Å². The van der Waals surface area contributed by atoms with Crippen molar-refractivity contribution in [1.29, 1.82) is 0 Å². The number of rotatable bonds is 5. The molecule has 0 fully saturated rings. The summed E-state index contributed by atoms with van der Waals surface area (Å²) in [5.41, 5.74) is 3.45. The number of nitrogens with zero attached hydrogens (tertiary/aromatic N) is 4. The molecule has 0 aliphatic rings. The molecule has 6 nitrogen and oxygen atoms in total. The first-order valence-electron chi connectivity index (χ1n) is 9.52. The number of nitrogens with one attached hydrogen (secondary N) is 1. The van der Waals surface area contributed by atoms with Crippen LogP contribution in [0.25, 0.3) is 0 Å². The lowest BCUT2D eigenvalue weighted by molar-refractivity contribution is -0.119. The van der Waals surface area contributed by atoms with E-state index in [1.807, 2.05) is 84.9 Å². The number of amides is 1. The summed E-state index contributed by atoms with van der Waals surface area (Å²) in [6, 6.07) is 26.5. The van der Waals surface area contributed by atoms with Crippen molar-refractivity contribution < 1.29 is 4.79 Å². The van der Waals surface area contributed by atoms with Crippen LogP contribution < -0.4 is 5.32 Å². The smallest absolute Gasteiger partial charge is 0.249 e. The van der Waals surface area contributed by atoms with Crippen molar-refractivity contribution in [2.75, 3.05) is 5.32 Å². The fourth-order valence-electron chi connectivity index (χ4n) is 3.02. The Morgan fingerprint density at radius 3 is 2.33 bits per heavy atom. The van der Waals surface area contributed by atoms with Crippen molar-refractivity contribution in [1.82, 2.24) is 20.2 Å². The molecule has 0 bridgehead atoms. The van der Waals surface area contributed by atoms with Gasteiger partial charge in [-0.3, -0.25) is 4.79 Å². The molecule has 0 saturated carbocycles. The first kappa shape index (κ1) is 19.1. The molecule has 0 aliphatic carbocycles. The summed E-state index contributed by atoms with van der Waals surface area (Å²) in [6.45, 7) is 0. The van der Waals surface area contributed by atoms with Gasteiger partial charge in [0.15, 0.2) is 0 Å². The van der Waals surface area contributed by atoms with Gasteiger partial charge in [-0.05, 0) is 46.3 Å². The maximum atomic E-state index is 13.0. The molecule has 0 spiro atoms. The van der Waals surface area contributed by atoms with Gasteiger partial charge in [-0.1, -0.05) is 66.4 Å². The van der Waals surface area contributed by atoms with E-state index in [1.54, 1.807) is 0 Å². The largest absolute Gasteiger partial charge is 0.324 e. The third-order valence-electron chi connectivity index (χ3n) is 4.51. The fourth-order valence-corrected chi connectivity index (χ4v) is 3.02. The summed E-state index contributed by atoms with van der Waals surface area (Å²) in [5, 5.41) is 14.2. The molecule has 6 heteroatoms. The van der Waals surface area contributed by atoms with E-state index >= 15 is 0 Å². The van der Waals surface area contributed by atoms with E-state index < -0.39 is 6.04 Å². The number of hydrogen-bond donors (Lipinski definition) is 1. The van der Waals surface area contributed by atoms with Gasteiger partial charge in [-0.25, -0.2) is 4.68 Å². The number of aromatic nitrogens is 4. The third-order valence-corrected chi connectivity index (χ3v) is 4.51. The number of tetrazole rings is 1. The van der Waals surface area contributed by atoms with Gasteiger partial charge in [0.05, 0.1) is 0 Å². The van der Waals surface area contributed by atoms with Crippen LogP contribution in [-0.4, -0.2) is 26.1 Å². The van der Waals surface area contributed by atoms with E-state index in [1.165, 1.54) is 11.0 Å². The van der Waals surface area contributed by atoms with Crippen LogP contribution in [0.15, 0.2) is 91.3 Å². The maximum Gasteiger partial charge on any atom is 0.249 e. The minimum Gasteiger partial charge on any atom is -0.324 e. The first-order valence-corrected chi connectivity index (χ1v) is 9.52. The average Bonchev–Trinajstić information content (AvgIpc) is 3.32. The zero-order chi connectivity index (χ0) is 20.6. The van der Waals surface area contributed by atoms with Crippen LogP contribution in [0.3, 0.4) is 0 Å². The van der Waals surface area contributed by atoms with Gasteiger partial charge >= 0.3 is 0 Å². The lowest BCUT2D eigenvalue weighted by Crippen LogP contribution is -2.28. The third kappa shape index (κ3) is 4.97. The minimum absolute atomic E-state index is 0.195. The summed E-state index contributed by atoms with van der Waals surface area (Å²) in [5.74, 6) is 6.06. The molecule has 146 valence electrons. The molecule has 0 radical (unpaired) electrons. The molecule has 1 aromatic heterocycles. The Hall–Kier alpha value is -4.24. The Kier molecular flexibility index (Phi) is 5.92. The standard InChI is InChI=1S/C24H19N5O/c30-24(23(29-18-25-27-28-29)17-20-10-5-2-6-11-20)26-22-13-7-12-21(16-22)15-14-19-8-3-1-4-9-19/h1-13,16,18,23H,17H2,(H,26,30). The molecule has 1 atom stereocenters. The summed E-state index contributed by atoms with van der Waals surface area (Å²) >= 11 is 0. The molecule has 30 heavy (non-hydrogen) atoms. The van der Waals surface area contributed by atoms with Crippen LogP contribution >= 0.6 is 0 Å². The maximum absolute atomic E-state index is 13.0. The van der Waals surface area contributed by atoms with Crippen LogP contribution in [0.4, 0.5) is 5.69 Å². The van der Waals surface area contributed by atoms with E-state index in [0.29, 0.717) is 12.1 Å². The highest BCUT2D eigenvalue weighted by Gasteiger charge is 2.22. The monoisotopic (exact) mass is 393 g/mol. The van der Waals surface area contributed by atoms with E-state index in [0.717, 1.165) is 16.7 Å². The van der Waals surface area contributed by atoms with Crippen LogP contribution in [0, 0.1) is 11.8 Å². The Bertz CT molecular complexity index is 1160. The van der Waals surface area contributed by atoms with Crippen molar-refractivity contribution in [2.24, 2.45) is 0 Å². The van der Waals surface area contributed by atoms with Gasteiger partial charge in [0.2, 0.25) is 5.91 Å². The lowest BCUT2D eigenvalue weighted by atomic mass is 10.1. The highest BCUT2D eigenvalue weighted by atomic mass is 16.2. The highest BCUT2D eigenvalue weighted by Crippen LogP contribution is 2.17. The summed E-state index contributed by atoms with van der Waals surface area (Å²) < 4.78 is 1.47. The average molecular weight is 393 g/mol. The van der Waals surface area contributed by atoms with Gasteiger partial charge in [0.1, 0.15) is 12.4 Å². The van der Waals surface area contributed by atoms with Gasteiger partial charge in [-0.2, -0.15) is 0 Å². The molecule has 1 amide bonds. The topological polar surface area (TPSA) is 72.7 Å². The Morgan fingerprint density at radius 2 is 1.60 bits per heavy atom. The Morgan fingerprint density at radius 1 is 0.900 bits per heavy atom. The minimum atomic E-state index is -0.568. The van der Waals surface area contributed by atoms with Crippen LogP contribution in [0.5, 0.6) is 0 Å². The number of anilines is 1. The Balaban J connectivity index is 1.52. The summed E-state index contributed by atoms with van der Waals surface area (Å²) in [4.78, 5) is 13.0. The second-order valence-electron chi connectivity index (χ2n) is 6.68. The van der Waals surface area contributed by atoms with Crippen molar-refractivity contribution in [2.45, 2.75) is 12.5 Å². The first-order chi connectivity index (χ1) is 14.8. The number of carbonyl (C=O) groups is 1. The molecule has 0 aliphatic heterocycles. The van der Waals surface area contributed by atoms with Gasteiger partial charge in [0, 0.05) is 23.2 Å². The van der Waals surface area contributed by atoms with Crippen molar-refractivity contribution in [3.05, 3.63) is 108 Å². The predicted molar refractivity (Wildman–Crippen MR) is 114 cm³/mol. The lowest BCUT2D eigenvalue weighted by Gasteiger charge is -2.16. The number of benzene rings is 3. The molecule has 4 aromatic rings. The van der Waals surface area contributed by atoms with E-state index in [2.05, 4.69) is 32.7 Å². The molecule has 4 rings (SSSR count). The number of carbonyl (C=O) groups excluding carboxylic acids is 1. The quantitative estimate of drug-likeness (QED) is 0.527. The fraction of sp³-hybridized carbons (Fsp3) is 0.0833. The van der Waals surface area contributed by atoms with Crippen LogP contribution in [0.2, 0.25) is 0 Å². The molecule has 3 aromatic carbocycles. The molecular formula is C24H19N5O. The van der Waals surface area contributed by atoms with E-state index in [9.17, 15) is 4.79 Å². The van der Waals surface area contributed by atoms with Crippen LogP contribution in [0.1, 0.15) is 22.7 Å². The zero-order valence-corrected chi connectivity index (χ0v) is 16.1. The highest BCUT2D eigenvalue weighted by molar-refractivity contribution is 5.94.